The standard InChI is InChI=1S/C21H22N2O2S/c1-5-11-23-18-10-9-15(14(2)3)13-19(18)26-21(23)22-20(24)16-7-6-8-17(12-16)25-4/h5-10,12-14H,1,11H2,2-4H3. The molecule has 0 saturated heterocycles. The molecule has 0 bridgehead atoms. The lowest BCUT2D eigenvalue weighted by Crippen LogP contribution is -2.16. The van der Waals surface area contributed by atoms with Gasteiger partial charge in [0.2, 0.25) is 0 Å². The molecule has 0 radical (unpaired) electrons. The van der Waals surface area contributed by atoms with Crippen LogP contribution < -0.4 is 9.54 Å². The number of hydrogen-bond donors (Lipinski definition) is 0. The van der Waals surface area contributed by atoms with Crippen molar-refractivity contribution < 1.29 is 9.53 Å². The van der Waals surface area contributed by atoms with E-state index in [1.54, 1.807) is 25.3 Å². The number of thiazole rings is 1. The summed E-state index contributed by atoms with van der Waals surface area (Å²) in [5, 5.41) is 0. The molecule has 1 amide bonds. The molecule has 1 aromatic heterocycles. The number of amides is 1. The maximum absolute atomic E-state index is 12.6. The van der Waals surface area contributed by atoms with Crippen LogP contribution in [0, 0.1) is 0 Å². The molecule has 0 N–H and O–H groups in total. The van der Waals surface area contributed by atoms with Crippen molar-refractivity contribution in [2.45, 2.75) is 26.3 Å². The fourth-order valence-electron chi connectivity index (χ4n) is 2.75. The van der Waals surface area contributed by atoms with Crippen LogP contribution in [0.1, 0.15) is 35.7 Å². The van der Waals surface area contributed by atoms with Crippen LogP contribution in [0.25, 0.3) is 10.2 Å². The van der Waals surface area contributed by atoms with E-state index in [-0.39, 0.29) is 5.91 Å². The van der Waals surface area contributed by atoms with Gasteiger partial charge in [0.1, 0.15) is 5.75 Å². The highest BCUT2D eigenvalue weighted by Crippen LogP contribution is 2.24. The molecule has 4 nitrogen and oxygen atoms in total. The minimum atomic E-state index is -0.280. The molecule has 0 atom stereocenters. The fourth-order valence-corrected chi connectivity index (χ4v) is 3.83. The Morgan fingerprint density at radius 2 is 2.12 bits per heavy atom. The summed E-state index contributed by atoms with van der Waals surface area (Å²) in [6.45, 7) is 8.77. The predicted octanol–water partition coefficient (Wildman–Crippen LogP) is 4.76. The molecule has 0 aliphatic heterocycles. The smallest absolute Gasteiger partial charge is 0.279 e. The maximum atomic E-state index is 12.6. The van der Waals surface area contributed by atoms with Gasteiger partial charge in [-0.15, -0.1) is 6.58 Å². The first-order chi connectivity index (χ1) is 12.5. The van der Waals surface area contributed by atoms with E-state index in [1.807, 2.05) is 16.7 Å². The molecule has 3 aromatic rings. The van der Waals surface area contributed by atoms with Gasteiger partial charge in [0, 0.05) is 12.1 Å². The third-order valence-corrected chi connectivity index (χ3v) is 5.24. The third kappa shape index (κ3) is 3.63. The van der Waals surface area contributed by atoms with E-state index >= 15 is 0 Å². The highest BCUT2D eigenvalue weighted by atomic mass is 32.1. The van der Waals surface area contributed by atoms with Crippen LogP contribution in [0.5, 0.6) is 5.75 Å². The van der Waals surface area contributed by atoms with E-state index in [0.29, 0.717) is 28.6 Å². The first-order valence-electron chi connectivity index (χ1n) is 8.50. The SMILES string of the molecule is C=CCn1c(=NC(=O)c2cccc(OC)c2)sc2cc(C(C)C)ccc21. The number of methoxy groups -OCH3 is 1. The summed E-state index contributed by atoms with van der Waals surface area (Å²) in [5.74, 6) is 0.813. The largest absolute Gasteiger partial charge is 0.497 e. The average molecular weight is 366 g/mol. The minimum absolute atomic E-state index is 0.280. The number of aromatic nitrogens is 1. The summed E-state index contributed by atoms with van der Waals surface area (Å²) < 4.78 is 8.33. The Bertz CT molecular complexity index is 1030. The first kappa shape index (κ1) is 18.1. The Morgan fingerprint density at radius 3 is 2.81 bits per heavy atom. The Balaban J connectivity index is 2.12. The first-order valence-corrected chi connectivity index (χ1v) is 9.32. The van der Waals surface area contributed by atoms with Gasteiger partial charge in [0.15, 0.2) is 4.80 Å². The minimum Gasteiger partial charge on any atom is -0.497 e. The van der Waals surface area contributed by atoms with E-state index in [4.69, 9.17) is 4.74 Å². The van der Waals surface area contributed by atoms with Gasteiger partial charge in [-0.1, -0.05) is 43.4 Å². The molecule has 0 aliphatic carbocycles. The number of fused-ring (bicyclic) bond motifs is 1. The number of hydrogen-bond acceptors (Lipinski definition) is 3. The lowest BCUT2D eigenvalue weighted by atomic mass is 10.0. The van der Waals surface area contributed by atoms with Crippen molar-refractivity contribution in [3.8, 4) is 5.75 Å². The number of ether oxygens (including phenoxy) is 1. The van der Waals surface area contributed by atoms with E-state index in [2.05, 4.69) is 43.6 Å². The van der Waals surface area contributed by atoms with Crippen LogP contribution >= 0.6 is 11.3 Å². The van der Waals surface area contributed by atoms with E-state index in [0.717, 1.165) is 10.2 Å². The summed E-state index contributed by atoms with van der Waals surface area (Å²) in [4.78, 5) is 17.7. The second-order valence-electron chi connectivity index (χ2n) is 6.31. The van der Waals surface area contributed by atoms with Crippen molar-refractivity contribution >= 4 is 27.5 Å². The van der Waals surface area contributed by atoms with E-state index in [9.17, 15) is 4.79 Å². The number of carbonyl (C=O) groups is 1. The van der Waals surface area contributed by atoms with Gasteiger partial charge in [0.25, 0.3) is 5.91 Å². The van der Waals surface area contributed by atoms with Crippen molar-refractivity contribution in [3.05, 3.63) is 71.0 Å². The summed E-state index contributed by atoms with van der Waals surface area (Å²) in [6.07, 6.45) is 1.82. The lowest BCUT2D eigenvalue weighted by Gasteiger charge is -2.06. The summed E-state index contributed by atoms with van der Waals surface area (Å²) in [5.41, 5.74) is 2.85. The van der Waals surface area contributed by atoms with Gasteiger partial charge in [-0.25, -0.2) is 0 Å². The Labute approximate surface area is 157 Å². The summed E-state index contributed by atoms with van der Waals surface area (Å²) in [6, 6.07) is 13.5. The highest BCUT2D eigenvalue weighted by molar-refractivity contribution is 7.16. The highest BCUT2D eigenvalue weighted by Gasteiger charge is 2.11. The molecule has 1 heterocycles. The zero-order chi connectivity index (χ0) is 18.7. The normalized spacial score (nSPS) is 11.9. The van der Waals surface area contributed by atoms with Crippen molar-refractivity contribution in [3.63, 3.8) is 0 Å². The molecule has 0 aliphatic rings. The molecule has 3 rings (SSSR count). The van der Waals surface area contributed by atoms with E-state index < -0.39 is 0 Å². The van der Waals surface area contributed by atoms with Gasteiger partial charge in [-0.2, -0.15) is 4.99 Å². The summed E-state index contributed by atoms with van der Waals surface area (Å²) in [7, 11) is 1.58. The number of nitrogens with zero attached hydrogens (tertiary/aromatic N) is 2. The summed E-state index contributed by atoms with van der Waals surface area (Å²) >= 11 is 1.52. The molecule has 26 heavy (non-hydrogen) atoms. The number of carbonyl (C=O) groups excluding carboxylic acids is 1. The van der Waals surface area contributed by atoms with Crippen LogP contribution in [0.4, 0.5) is 0 Å². The number of benzene rings is 2. The molecule has 134 valence electrons. The fraction of sp³-hybridized carbons (Fsp3) is 0.238. The zero-order valence-electron chi connectivity index (χ0n) is 15.2. The van der Waals surface area contributed by atoms with Gasteiger partial charge in [0.05, 0.1) is 17.3 Å². The maximum Gasteiger partial charge on any atom is 0.279 e. The quantitative estimate of drug-likeness (QED) is 0.611. The molecular weight excluding hydrogens is 344 g/mol. The molecule has 2 aromatic carbocycles. The second-order valence-corrected chi connectivity index (χ2v) is 7.32. The van der Waals surface area contributed by atoms with Crippen LogP contribution in [0.15, 0.2) is 60.1 Å². The van der Waals surface area contributed by atoms with Crippen molar-refractivity contribution in [1.29, 1.82) is 0 Å². The Hall–Kier alpha value is -2.66. The number of allylic oxidation sites excluding steroid dienone is 1. The van der Waals surface area contributed by atoms with E-state index in [1.165, 1.54) is 16.9 Å². The molecule has 0 unspecified atom stereocenters. The topological polar surface area (TPSA) is 43.6 Å². The zero-order valence-corrected chi connectivity index (χ0v) is 16.0. The third-order valence-electron chi connectivity index (χ3n) is 4.20. The second kappa shape index (κ2) is 7.70. The van der Waals surface area contributed by atoms with Crippen LogP contribution in [-0.2, 0) is 6.54 Å². The van der Waals surface area contributed by atoms with Crippen LogP contribution in [0.3, 0.4) is 0 Å². The van der Waals surface area contributed by atoms with Crippen molar-refractivity contribution in [2.75, 3.05) is 7.11 Å². The Morgan fingerprint density at radius 1 is 1.31 bits per heavy atom. The van der Waals surface area contributed by atoms with Crippen LogP contribution in [-0.4, -0.2) is 17.6 Å². The molecule has 0 fully saturated rings. The molecular formula is C21H22N2O2S. The predicted molar refractivity (Wildman–Crippen MR) is 107 cm³/mol. The van der Waals surface area contributed by atoms with Crippen LogP contribution in [0.2, 0.25) is 0 Å². The molecule has 0 saturated carbocycles. The molecule has 5 heteroatoms. The number of rotatable bonds is 5. The van der Waals surface area contributed by atoms with Crippen molar-refractivity contribution in [1.82, 2.24) is 4.57 Å². The van der Waals surface area contributed by atoms with Gasteiger partial charge in [-0.05, 0) is 41.8 Å². The monoisotopic (exact) mass is 366 g/mol. The Kier molecular flexibility index (Phi) is 5.38. The van der Waals surface area contributed by atoms with Crippen molar-refractivity contribution in [2.24, 2.45) is 4.99 Å². The van der Waals surface area contributed by atoms with Gasteiger partial charge in [-0.3, -0.25) is 4.79 Å². The average Bonchev–Trinajstić information content (AvgIpc) is 2.98. The van der Waals surface area contributed by atoms with Gasteiger partial charge < -0.3 is 9.30 Å². The molecule has 0 spiro atoms. The lowest BCUT2D eigenvalue weighted by molar-refractivity contribution is 0.0997. The van der Waals surface area contributed by atoms with Gasteiger partial charge >= 0.3 is 0 Å².